The number of methoxy groups -OCH3 is 1. The number of amides is 1. The van der Waals surface area contributed by atoms with Crippen molar-refractivity contribution in [2.75, 3.05) is 19.0 Å². The lowest BCUT2D eigenvalue weighted by Gasteiger charge is -2.35. The molecule has 5 heteroatoms. The van der Waals surface area contributed by atoms with E-state index in [2.05, 4.69) is 21.2 Å². The normalized spacial score (nSPS) is 17.2. The lowest BCUT2D eigenvalue weighted by Crippen LogP contribution is -2.40. The molecule has 2 rings (SSSR count). The molecule has 4 nitrogen and oxygen atoms in total. The van der Waals surface area contributed by atoms with Crippen LogP contribution in [-0.4, -0.2) is 30.0 Å². The number of carbonyl (C=O) groups excluding carboxylic acids is 1. The lowest BCUT2D eigenvalue weighted by molar-refractivity contribution is 0.0919. The molecule has 0 aromatic heterocycles. The highest BCUT2D eigenvalue weighted by atomic mass is 79.9. The van der Waals surface area contributed by atoms with Gasteiger partial charge in [-0.2, -0.15) is 0 Å². The van der Waals surface area contributed by atoms with Crippen molar-refractivity contribution < 1.29 is 14.6 Å². The van der Waals surface area contributed by atoms with E-state index in [4.69, 9.17) is 4.74 Å². The number of ether oxygens (including phenoxy) is 1. The number of nitrogens with one attached hydrogen (secondary N) is 1. The second kappa shape index (κ2) is 7.16. The van der Waals surface area contributed by atoms with Crippen LogP contribution in [0.3, 0.4) is 0 Å². The number of aromatic hydroxyl groups is 1. The molecule has 1 aromatic carbocycles. The van der Waals surface area contributed by atoms with E-state index in [-0.39, 0.29) is 22.6 Å². The largest absolute Gasteiger partial charge is 0.507 e. The van der Waals surface area contributed by atoms with Gasteiger partial charge < -0.3 is 15.2 Å². The molecule has 1 amide bonds. The van der Waals surface area contributed by atoms with E-state index in [1.165, 1.54) is 32.4 Å². The average Bonchev–Trinajstić information content (AvgIpc) is 2.53. The van der Waals surface area contributed by atoms with Crippen molar-refractivity contribution in [1.29, 1.82) is 0 Å². The molecule has 21 heavy (non-hydrogen) atoms. The first kappa shape index (κ1) is 16.1. The van der Waals surface area contributed by atoms with Gasteiger partial charge in [-0.15, -0.1) is 0 Å². The quantitative estimate of drug-likeness (QED) is 0.795. The Balaban J connectivity index is 2.01. The summed E-state index contributed by atoms with van der Waals surface area (Å²) >= 11 is 3.59. The lowest BCUT2D eigenvalue weighted by atomic mass is 9.75. The molecule has 0 heterocycles. The standard InChI is InChI=1S/C16H22BrNO3/c1-21-12-5-6-13(14(19)9-12)15(20)18-11-16(10-17)7-3-2-4-8-16/h5-6,9,19H,2-4,7-8,10-11H2,1H3,(H,18,20). The Morgan fingerprint density at radius 2 is 2.10 bits per heavy atom. The summed E-state index contributed by atoms with van der Waals surface area (Å²) in [5.41, 5.74) is 0.437. The molecule has 0 atom stereocenters. The summed E-state index contributed by atoms with van der Waals surface area (Å²) in [6.07, 6.45) is 5.98. The number of benzene rings is 1. The smallest absolute Gasteiger partial charge is 0.255 e. The predicted molar refractivity (Wildman–Crippen MR) is 86.3 cm³/mol. The van der Waals surface area contributed by atoms with E-state index in [9.17, 15) is 9.90 Å². The number of rotatable bonds is 5. The molecule has 0 spiro atoms. The first-order valence-electron chi connectivity index (χ1n) is 7.31. The molecule has 1 fully saturated rings. The molecule has 1 aliphatic carbocycles. The van der Waals surface area contributed by atoms with Gasteiger partial charge >= 0.3 is 0 Å². The average molecular weight is 356 g/mol. The van der Waals surface area contributed by atoms with Crippen molar-refractivity contribution in [1.82, 2.24) is 5.32 Å². The van der Waals surface area contributed by atoms with E-state index in [0.29, 0.717) is 12.3 Å². The van der Waals surface area contributed by atoms with Crippen LogP contribution in [0.1, 0.15) is 42.5 Å². The summed E-state index contributed by atoms with van der Waals surface area (Å²) in [6.45, 7) is 0.641. The van der Waals surface area contributed by atoms with E-state index in [1.807, 2.05) is 0 Å². The zero-order valence-corrected chi connectivity index (χ0v) is 13.9. The highest BCUT2D eigenvalue weighted by Crippen LogP contribution is 2.37. The first-order valence-corrected chi connectivity index (χ1v) is 8.43. The van der Waals surface area contributed by atoms with E-state index in [0.717, 1.165) is 18.2 Å². The Morgan fingerprint density at radius 1 is 1.38 bits per heavy atom. The van der Waals surface area contributed by atoms with Crippen molar-refractivity contribution in [3.8, 4) is 11.5 Å². The van der Waals surface area contributed by atoms with Gasteiger partial charge in [-0.3, -0.25) is 4.79 Å². The number of alkyl halides is 1. The van der Waals surface area contributed by atoms with Crippen molar-refractivity contribution in [3.05, 3.63) is 23.8 Å². The highest BCUT2D eigenvalue weighted by molar-refractivity contribution is 9.09. The maximum absolute atomic E-state index is 12.2. The second-order valence-electron chi connectivity index (χ2n) is 5.76. The molecule has 0 aliphatic heterocycles. The molecule has 1 aromatic rings. The Kier molecular flexibility index (Phi) is 5.51. The maximum atomic E-state index is 12.2. The van der Waals surface area contributed by atoms with Gasteiger partial charge in [-0.1, -0.05) is 35.2 Å². The summed E-state index contributed by atoms with van der Waals surface area (Å²) in [5, 5.41) is 13.8. The third-order valence-corrected chi connectivity index (χ3v) is 5.46. The topological polar surface area (TPSA) is 58.6 Å². The molecule has 1 aliphatic rings. The Hall–Kier alpha value is -1.23. The fraction of sp³-hybridized carbons (Fsp3) is 0.562. The SMILES string of the molecule is COc1ccc(C(=O)NCC2(CBr)CCCCC2)c(O)c1. The van der Waals surface area contributed by atoms with Crippen molar-refractivity contribution >= 4 is 21.8 Å². The number of phenols is 1. The molecule has 116 valence electrons. The Morgan fingerprint density at radius 3 is 2.67 bits per heavy atom. The molecule has 0 saturated heterocycles. The van der Waals surface area contributed by atoms with E-state index in [1.54, 1.807) is 12.1 Å². The van der Waals surface area contributed by atoms with Gasteiger partial charge in [0.15, 0.2) is 0 Å². The van der Waals surface area contributed by atoms with Crippen molar-refractivity contribution in [3.63, 3.8) is 0 Å². The van der Waals surface area contributed by atoms with Gasteiger partial charge in [-0.05, 0) is 30.4 Å². The molecular weight excluding hydrogens is 334 g/mol. The zero-order chi connectivity index (χ0) is 15.3. The van der Waals surface area contributed by atoms with Crippen LogP contribution in [0.5, 0.6) is 11.5 Å². The third-order valence-electron chi connectivity index (χ3n) is 4.27. The summed E-state index contributed by atoms with van der Waals surface area (Å²) in [7, 11) is 1.53. The van der Waals surface area contributed by atoms with E-state index < -0.39 is 0 Å². The van der Waals surface area contributed by atoms with Crippen LogP contribution in [0.15, 0.2) is 18.2 Å². The Labute approximate surface area is 134 Å². The van der Waals surface area contributed by atoms with Gasteiger partial charge in [0.25, 0.3) is 5.91 Å². The fourth-order valence-electron chi connectivity index (χ4n) is 2.85. The number of hydrogen-bond acceptors (Lipinski definition) is 3. The van der Waals surface area contributed by atoms with Crippen LogP contribution in [0.25, 0.3) is 0 Å². The van der Waals surface area contributed by atoms with Gasteiger partial charge in [0.1, 0.15) is 11.5 Å². The number of carbonyl (C=O) groups is 1. The van der Waals surface area contributed by atoms with Crippen LogP contribution >= 0.6 is 15.9 Å². The predicted octanol–water partition coefficient (Wildman–Crippen LogP) is 3.48. The molecular formula is C16H22BrNO3. The monoisotopic (exact) mass is 355 g/mol. The van der Waals surface area contributed by atoms with Crippen LogP contribution in [-0.2, 0) is 0 Å². The zero-order valence-electron chi connectivity index (χ0n) is 12.3. The molecule has 2 N–H and O–H groups in total. The van der Waals surface area contributed by atoms with Crippen LogP contribution in [0.4, 0.5) is 0 Å². The molecule has 0 radical (unpaired) electrons. The van der Waals surface area contributed by atoms with E-state index >= 15 is 0 Å². The third kappa shape index (κ3) is 3.90. The maximum Gasteiger partial charge on any atom is 0.255 e. The minimum Gasteiger partial charge on any atom is -0.507 e. The minimum absolute atomic E-state index is 0.0524. The number of halogens is 1. The molecule has 0 bridgehead atoms. The number of hydrogen-bond donors (Lipinski definition) is 2. The highest BCUT2D eigenvalue weighted by Gasteiger charge is 2.31. The molecule has 0 unspecified atom stereocenters. The van der Waals surface area contributed by atoms with Crippen LogP contribution in [0.2, 0.25) is 0 Å². The summed E-state index contributed by atoms with van der Waals surface area (Å²) < 4.78 is 5.02. The van der Waals surface area contributed by atoms with Crippen LogP contribution < -0.4 is 10.1 Å². The van der Waals surface area contributed by atoms with Crippen molar-refractivity contribution in [2.45, 2.75) is 32.1 Å². The summed E-state index contributed by atoms with van der Waals surface area (Å²) in [6, 6.07) is 4.72. The second-order valence-corrected chi connectivity index (χ2v) is 6.32. The Bertz CT molecular complexity index is 498. The summed E-state index contributed by atoms with van der Waals surface area (Å²) in [4.78, 5) is 12.2. The van der Waals surface area contributed by atoms with Gasteiger partial charge in [0, 0.05) is 17.9 Å². The van der Waals surface area contributed by atoms with Crippen LogP contribution in [0, 0.1) is 5.41 Å². The fourth-order valence-corrected chi connectivity index (χ4v) is 3.61. The number of phenolic OH excluding ortho intramolecular Hbond substituents is 1. The molecule has 1 saturated carbocycles. The first-order chi connectivity index (χ1) is 10.1. The minimum atomic E-state index is -0.235. The van der Waals surface area contributed by atoms with Crippen molar-refractivity contribution in [2.24, 2.45) is 5.41 Å². The summed E-state index contributed by atoms with van der Waals surface area (Å²) in [5.74, 6) is 0.248. The van der Waals surface area contributed by atoms with Gasteiger partial charge in [0.2, 0.25) is 0 Å². The van der Waals surface area contributed by atoms with Gasteiger partial charge in [0.05, 0.1) is 12.7 Å². The van der Waals surface area contributed by atoms with Gasteiger partial charge in [-0.25, -0.2) is 0 Å².